The molecule has 0 atom stereocenters. The maximum atomic E-state index is 13.7. The van der Waals surface area contributed by atoms with E-state index in [9.17, 15) is 4.39 Å². The van der Waals surface area contributed by atoms with Gasteiger partial charge in [0.05, 0.1) is 0 Å². The third-order valence-electron chi connectivity index (χ3n) is 3.44. The van der Waals surface area contributed by atoms with E-state index in [1.807, 2.05) is 18.2 Å². The molecule has 2 aromatic rings. The lowest BCUT2D eigenvalue weighted by Gasteiger charge is -2.13. The number of ether oxygens (including phenoxy) is 1. The topological polar surface area (TPSA) is 41.5 Å². The van der Waals surface area contributed by atoms with Crippen molar-refractivity contribution in [3.05, 3.63) is 63.9 Å². The van der Waals surface area contributed by atoms with Crippen molar-refractivity contribution in [1.29, 1.82) is 0 Å². The molecular formula is C18H21BrClFNO2-. The van der Waals surface area contributed by atoms with Crippen LogP contribution < -0.4 is 22.5 Å². The third-order valence-corrected chi connectivity index (χ3v) is 3.93. The van der Waals surface area contributed by atoms with Crippen molar-refractivity contribution < 1.29 is 26.6 Å². The molecule has 0 aliphatic heterocycles. The summed E-state index contributed by atoms with van der Waals surface area (Å²) in [5, 5.41) is 12.1. The fourth-order valence-corrected chi connectivity index (χ4v) is 2.59. The van der Waals surface area contributed by atoms with Gasteiger partial charge in [0.2, 0.25) is 0 Å². The predicted molar refractivity (Wildman–Crippen MR) is 92.9 cm³/mol. The molecule has 132 valence electrons. The first-order valence-electron chi connectivity index (χ1n) is 7.67. The Labute approximate surface area is 156 Å². The standard InChI is InChI=1S/C18H21BrFNO2.ClH/c19-16-7-8-18(15(11-16)12-21-9-3-4-10-22)23-13-14-5-1-2-6-17(14)20;/h1-2,5-8,11,21-22H,3-4,9-10,12-13H2;1H/p-1. The van der Waals surface area contributed by atoms with Gasteiger partial charge in [0.1, 0.15) is 18.2 Å². The molecule has 6 heteroatoms. The van der Waals surface area contributed by atoms with E-state index in [4.69, 9.17) is 9.84 Å². The van der Waals surface area contributed by atoms with Gasteiger partial charge in [-0.2, -0.15) is 0 Å². The first kappa shape index (κ1) is 20.9. The van der Waals surface area contributed by atoms with Crippen LogP contribution in [0.25, 0.3) is 0 Å². The molecule has 24 heavy (non-hydrogen) atoms. The van der Waals surface area contributed by atoms with Gasteiger partial charge in [-0.3, -0.25) is 0 Å². The van der Waals surface area contributed by atoms with Gasteiger partial charge in [0.25, 0.3) is 0 Å². The van der Waals surface area contributed by atoms with Crippen molar-refractivity contribution in [1.82, 2.24) is 5.32 Å². The van der Waals surface area contributed by atoms with Gasteiger partial charge < -0.3 is 27.6 Å². The molecule has 3 nitrogen and oxygen atoms in total. The molecule has 0 saturated carbocycles. The summed E-state index contributed by atoms with van der Waals surface area (Å²) in [5.74, 6) is 0.486. The van der Waals surface area contributed by atoms with E-state index in [1.165, 1.54) is 6.07 Å². The normalized spacial score (nSPS) is 10.3. The molecule has 0 aliphatic carbocycles. The molecule has 0 amide bonds. The lowest BCUT2D eigenvalue weighted by molar-refractivity contribution is -0.00000668. The van der Waals surface area contributed by atoms with Crippen molar-refractivity contribution in [3.8, 4) is 5.75 Å². The smallest absolute Gasteiger partial charge is 0.129 e. The lowest BCUT2D eigenvalue weighted by atomic mass is 10.2. The maximum absolute atomic E-state index is 13.7. The SMILES string of the molecule is OCCCCNCc1cc(Br)ccc1OCc1ccccc1F.[Cl-]. The predicted octanol–water partition coefficient (Wildman–Crippen LogP) is 1.03. The van der Waals surface area contributed by atoms with Crippen LogP contribution in [0.4, 0.5) is 4.39 Å². The van der Waals surface area contributed by atoms with E-state index in [2.05, 4.69) is 21.2 Å². The van der Waals surface area contributed by atoms with Crippen molar-refractivity contribution in [2.45, 2.75) is 26.0 Å². The van der Waals surface area contributed by atoms with Crippen LogP contribution in [0.2, 0.25) is 0 Å². The summed E-state index contributed by atoms with van der Waals surface area (Å²) in [4.78, 5) is 0. The molecule has 0 spiro atoms. The Hall–Kier alpha value is -1.14. The maximum Gasteiger partial charge on any atom is 0.129 e. The second kappa shape index (κ2) is 11.4. The highest BCUT2D eigenvalue weighted by atomic mass is 79.9. The third kappa shape index (κ3) is 6.77. The Kier molecular flexibility index (Phi) is 9.95. The largest absolute Gasteiger partial charge is 1.00 e. The van der Waals surface area contributed by atoms with E-state index in [0.29, 0.717) is 12.1 Å². The van der Waals surface area contributed by atoms with Gasteiger partial charge in [0, 0.05) is 28.8 Å². The summed E-state index contributed by atoms with van der Waals surface area (Å²) in [6, 6.07) is 12.4. The number of rotatable bonds is 9. The Morgan fingerprint density at radius 1 is 1.08 bits per heavy atom. The molecule has 2 rings (SSSR count). The van der Waals surface area contributed by atoms with Crippen LogP contribution in [-0.2, 0) is 13.2 Å². The minimum Gasteiger partial charge on any atom is -1.00 e. The van der Waals surface area contributed by atoms with Crippen LogP contribution >= 0.6 is 15.9 Å². The second-order valence-electron chi connectivity index (χ2n) is 5.24. The Morgan fingerprint density at radius 2 is 1.88 bits per heavy atom. The number of hydrogen-bond acceptors (Lipinski definition) is 3. The molecular weight excluding hydrogens is 397 g/mol. The van der Waals surface area contributed by atoms with Crippen LogP contribution in [0.3, 0.4) is 0 Å². The lowest BCUT2D eigenvalue weighted by Crippen LogP contribution is -3.00. The average molecular weight is 418 g/mol. The minimum absolute atomic E-state index is 0. The molecule has 0 saturated heterocycles. The van der Waals surface area contributed by atoms with Gasteiger partial charge >= 0.3 is 0 Å². The van der Waals surface area contributed by atoms with Crippen molar-refractivity contribution >= 4 is 15.9 Å². The zero-order chi connectivity index (χ0) is 16.5. The molecule has 0 radical (unpaired) electrons. The Balaban J connectivity index is 0.00000288. The molecule has 2 N–H and O–H groups in total. The number of halogens is 3. The summed E-state index contributed by atoms with van der Waals surface area (Å²) in [6.45, 7) is 1.92. The van der Waals surface area contributed by atoms with E-state index in [0.717, 1.165) is 35.2 Å². The first-order chi connectivity index (χ1) is 11.2. The molecule has 0 bridgehead atoms. The fraction of sp³-hybridized carbons (Fsp3) is 0.333. The molecule has 0 heterocycles. The molecule has 0 fully saturated rings. The van der Waals surface area contributed by atoms with Gasteiger partial charge in [-0.15, -0.1) is 0 Å². The van der Waals surface area contributed by atoms with E-state index < -0.39 is 0 Å². The Bertz CT molecular complexity index is 628. The van der Waals surface area contributed by atoms with Crippen LogP contribution in [-0.4, -0.2) is 18.3 Å². The van der Waals surface area contributed by atoms with Gasteiger partial charge in [-0.05, 0) is 43.7 Å². The average Bonchev–Trinajstić information content (AvgIpc) is 2.55. The summed E-state index contributed by atoms with van der Waals surface area (Å²) in [7, 11) is 0. The highest BCUT2D eigenvalue weighted by Gasteiger charge is 2.07. The quantitative estimate of drug-likeness (QED) is 0.599. The van der Waals surface area contributed by atoms with Crippen LogP contribution in [0.1, 0.15) is 24.0 Å². The molecule has 0 unspecified atom stereocenters. The minimum atomic E-state index is -0.256. The number of aliphatic hydroxyl groups excluding tert-OH is 1. The molecule has 2 aromatic carbocycles. The van der Waals surface area contributed by atoms with Crippen LogP contribution in [0.5, 0.6) is 5.75 Å². The van der Waals surface area contributed by atoms with E-state index >= 15 is 0 Å². The summed E-state index contributed by atoms with van der Waals surface area (Å²) < 4.78 is 20.4. The summed E-state index contributed by atoms with van der Waals surface area (Å²) >= 11 is 3.46. The van der Waals surface area contributed by atoms with Crippen molar-refractivity contribution in [3.63, 3.8) is 0 Å². The first-order valence-corrected chi connectivity index (χ1v) is 8.46. The second-order valence-corrected chi connectivity index (χ2v) is 6.16. The summed E-state index contributed by atoms with van der Waals surface area (Å²) in [5.41, 5.74) is 1.55. The number of nitrogens with one attached hydrogen (secondary N) is 1. The number of aliphatic hydroxyl groups is 1. The number of hydrogen-bond donors (Lipinski definition) is 2. The van der Waals surface area contributed by atoms with E-state index in [-0.39, 0.29) is 31.4 Å². The highest BCUT2D eigenvalue weighted by molar-refractivity contribution is 9.10. The monoisotopic (exact) mass is 416 g/mol. The summed E-state index contributed by atoms with van der Waals surface area (Å²) in [6.07, 6.45) is 1.72. The molecule has 0 aromatic heterocycles. The number of benzene rings is 2. The Morgan fingerprint density at radius 3 is 2.62 bits per heavy atom. The van der Waals surface area contributed by atoms with Gasteiger partial charge in [0.15, 0.2) is 0 Å². The van der Waals surface area contributed by atoms with Crippen LogP contribution in [0, 0.1) is 5.82 Å². The van der Waals surface area contributed by atoms with Crippen molar-refractivity contribution in [2.24, 2.45) is 0 Å². The van der Waals surface area contributed by atoms with Gasteiger partial charge in [-0.25, -0.2) is 4.39 Å². The zero-order valence-electron chi connectivity index (χ0n) is 13.3. The highest BCUT2D eigenvalue weighted by Crippen LogP contribution is 2.24. The van der Waals surface area contributed by atoms with Gasteiger partial charge in [-0.1, -0.05) is 34.1 Å². The van der Waals surface area contributed by atoms with E-state index in [1.54, 1.807) is 18.2 Å². The van der Waals surface area contributed by atoms with Crippen molar-refractivity contribution in [2.75, 3.05) is 13.2 Å². The zero-order valence-corrected chi connectivity index (χ0v) is 15.6. The number of unbranched alkanes of at least 4 members (excludes halogenated alkanes) is 1. The van der Waals surface area contributed by atoms with Crippen LogP contribution in [0.15, 0.2) is 46.9 Å². The molecule has 0 aliphatic rings. The fourth-order valence-electron chi connectivity index (χ4n) is 2.18.